The molecule has 0 radical (unpaired) electrons. The average Bonchev–Trinajstić information content (AvgIpc) is 3.84. The molecule has 1 saturated carbocycles. The van der Waals surface area contributed by atoms with Gasteiger partial charge in [0.05, 0.1) is 17.7 Å². The summed E-state index contributed by atoms with van der Waals surface area (Å²) in [4.78, 5) is 29.3. The molecular weight excluding hydrogens is 629 g/mol. The predicted octanol–water partition coefficient (Wildman–Crippen LogP) is 6.93. The lowest BCUT2D eigenvalue weighted by atomic mass is 9.91. The van der Waals surface area contributed by atoms with E-state index in [0.717, 1.165) is 56.0 Å². The number of hydrogen-bond acceptors (Lipinski definition) is 4. The Morgan fingerprint density at radius 1 is 0.979 bits per heavy atom. The van der Waals surface area contributed by atoms with Gasteiger partial charge in [-0.15, -0.1) is 0 Å². The number of aliphatic hydroxyl groups is 1. The molecule has 48 heavy (non-hydrogen) atoms. The molecule has 5 rings (SSSR count). The minimum absolute atomic E-state index is 0.113. The van der Waals surface area contributed by atoms with E-state index in [4.69, 9.17) is 0 Å². The standard InChI is InChI=1S/C37H42F5N3O3/c1-3-7-28(8-4-2)45-16-13-29-30(11-6-12-31(29)35(45)48)34(47)44-32(19-23-17-26(38)21-27(39)18-23)33(46)22-43-36(14-15-36)24-9-5-10-25(20-24)37(40,41)42/h5-6,9-12,17-18,20-21,28,32-33,43,46H,3-4,7-8,13-16,19,22H2,1-2H3,(H,44,47). The van der Waals surface area contributed by atoms with Crippen LogP contribution in [0.3, 0.4) is 0 Å². The van der Waals surface area contributed by atoms with Gasteiger partial charge >= 0.3 is 6.18 Å². The molecule has 2 atom stereocenters. The molecule has 0 bridgehead atoms. The molecule has 11 heteroatoms. The maximum Gasteiger partial charge on any atom is 0.416 e. The Morgan fingerprint density at radius 3 is 2.27 bits per heavy atom. The van der Waals surface area contributed by atoms with Crippen LogP contribution in [0, 0.1) is 11.6 Å². The fourth-order valence-electron chi connectivity index (χ4n) is 6.87. The van der Waals surface area contributed by atoms with Crippen LogP contribution in [-0.4, -0.2) is 53.1 Å². The second-order valence-corrected chi connectivity index (χ2v) is 13.0. The van der Waals surface area contributed by atoms with Gasteiger partial charge in [0.1, 0.15) is 11.6 Å². The fourth-order valence-corrected chi connectivity index (χ4v) is 6.87. The quantitative estimate of drug-likeness (QED) is 0.163. The van der Waals surface area contributed by atoms with Gasteiger partial charge in [-0.3, -0.25) is 9.59 Å². The molecule has 6 nitrogen and oxygen atoms in total. The molecule has 3 aromatic rings. The highest BCUT2D eigenvalue weighted by atomic mass is 19.4. The molecule has 0 aromatic heterocycles. The van der Waals surface area contributed by atoms with Gasteiger partial charge < -0.3 is 20.6 Å². The summed E-state index contributed by atoms with van der Waals surface area (Å²) in [5, 5.41) is 17.4. The van der Waals surface area contributed by atoms with E-state index < -0.39 is 47.0 Å². The van der Waals surface area contributed by atoms with Crippen molar-refractivity contribution in [2.45, 2.75) is 95.1 Å². The van der Waals surface area contributed by atoms with E-state index in [1.807, 2.05) is 4.90 Å². The average molecular weight is 672 g/mol. The van der Waals surface area contributed by atoms with Crippen LogP contribution in [0.25, 0.3) is 0 Å². The maximum absolute atomic E-state index is 14.1. The van der Waals surface area contributed by atoms with Gasteiger partial charge in [0.15, 0.2) is 0 Å². The number of rotatable bonds is 14. The molecule has 0 saturated heterocycles. The first-order chi connectivity index (χ1) is 22.8. The van der Waals surface area contributed by atoms with Crippen LogP contribution in [0.1, 0.15) is 95.3 Å². The lowest BCUT2D eigenvalue weighted by molar-refractivity contribution is -0.137. The molecule has 2 aliphatic rings. The van der Waals surface area contributed by atoms with E-state index >= 15 is 0 Å². The highest BCUT2D eigenvalue weighted by Crippen LogP contribution is 2.46. The molecule has 3 N–H and O–H groups in total. The Labute approximate surface area is 277 Å². The normalized spacial score (nSPS) is 16.9. The summed E-state index contributed by atoms with van der Waals surface area (Å²) >= 11 is 0. The minimum Gasteiger partial charge on any atom is -0.390 e. The van der Waals surface area contributed by atoms with E-state index in [1.165, 1.54) is 6.07 Å². The van der Waals surface area contributed by atoms with Gasteiger partial charge in [-0.1, -0.05) is 44.9 Å². The molecule has 1 aliphatic heterocycles. The number of carbonyl (C=O) groups is 2. The highest BCUT2D eigenvalue weighted by Gasteiger charge is 2.45. The Hall–Kier alpha value is -3.83. The molecule has 258 valence electrons. The lowest BCUT2D eigenvalue weighted by Crippen LogP contribution is -2.50. The monoisotopic (exact) mass is 671 g/mol. The Kier molecular flexibility index (Phi) is 10.9. The van der Waals surface area contributed by atoms with Gasteiger partial charge in [0.25, 0.3) is 11.8 Å². The van der Waals surface area contributed by atoms with Gasteiger partial charge in [0.2, 0.25) is 0 Å². The van der Waals surface area contributed by atoms with Crippen LogP contribution in [0.4, 0.5) is 22.0 Å². The molecule has 3 aromatic carbocycles. The number of fused-ring (bicyclic) bond motifs is 1. The molecule has 1 aliphatic carbocycles. The molecule has 2 unspecified atom stereocenters. The van der Waals surface area contributed by atoms with E-state index in [9.17, 15) is 36.6 Å². The number of halogens is 5. The van der Waals surface area contributed by atoms with Crippen LogP contribution in [0.2, 0.25) is 0 Å². The van der Waals surface area contributed by atoms with Crippen molar-refractivity contribution in [3.63, 3.8) is 0 Å². The van der Waals surface area contributed by atoms with Crippen molar-refractivity contribution in [2.75, 3.05) is 13.1 Å². The Morgan fingerprint density at radius 2 is 1.65 bits per heavy atom. The number of nitrogens with zero attached hydrogens (tertiary/aromatic N) is 1. The first-order valence-corrected chi connectivity index (χ1v) is 16.6. The third-order valence-electron chi connectivity index (χ3n) is 9.50. The summed E-state index contributed by atoms with van der Waals surface area (Å²) in [6.45, 7) is 4.52. The second kappa shape index (κ2) is 14.7. The number of hydrogen-bond donors (Lipinski definition) is 3. The van der Waals surface area contributed by atoms with Crippen LogP contribution in [0.5, 0.6) is 0 Å². The molecule has 2 amide bonds. The zero-order valence-corrected chi connectivity index (χ0v) is 27.2. The SMILES string of the molecule is CCCC(CCC)N1CCc2c(C(=O)NC(Cc3cc(F)cc(F)c3)C(O)CNC3(c4cccc(C(F)(F)F)c4)CC3)cccc2C1=O. The van der Waals surface area contributed by atoms with Crippen molar-refractivity contribution in [3.05, 3.63) is 106 Å². The number of amides is 2. The van der Waals surface area contributed by atoms with Crippen molar-refractivity contribution in [1.82, 2.24) is 15.5 Å². The zero-order valence-electron chi connectivity index (χ0n) is 27.2. The lowest BCUT2D eigenvalue weighted by Gasteiger charge is -2.36. The zero-order chi connectivity index (χ0) is 34.6. The summed E-state index contributed by atoms with van der Waals surface area (Å²) in [6, 6.07) is 12.1. The fraction of sp³-hybridized carbons (Fsp3) is 0.459. The number of alkyl halides is 3. The topological polar surface area (TPSA) is 81.7 Å². The summed E-state index contributed by atoms with van der Waals surface area (Å²) in [5.41, 5.74) is 0.426. The Bertz CT molecular complexity index is 1600. The van der Waals surface area contributed by atoms with Gasteiger partial charge in [-0.25, -0.2) is 8.78 Å². The van der Waals surface area contributed by atoms with Gasteiger partial charge in [0, 0.05) is 41.9 Å². The summed E-state index contributed by atoms with van der Waals surface area (Å²) < 4.78 is 68.4. The highest BCUT2D eigenvalue weighted by molar-refractivity contribution is 6.03. The van der Waals surface area contributed by atoms with Crippen molar-refractivity contribution < 1.29 is 36.6 Å². The third-order valence-corrected chi connectivity index (χ3v) is 9.50. The van der Waals surface area contributed by atoms with Crippen molar-refractivity contribution >= 4 is 11.8 Å². The molecular formula is C37H42F5N3O3. The minimum atomic E-state index is -4.51. The van der Waals surface area contributed by atoms with E-state index in [0.29, 0.717) is 42.5 Å². The maximum atomic E-state index is 14.1. The van der Waals surface area contributed by atoms with Crippen molar-refractivity contribution in [3.8, 4) is 0 Å². The van der Waals surface area contributed by atoms with E-state index in [-0.39, 0.29) is 36.0 Å². The second-order valence-electron chi connectivity index (χ2n) is 13.0. The first-order valence-electron chi connectivity index (χ1n) is 16.6. The third kappa shape index (κ3) is 8.06. The number of aliphatic hydroxyl groups excluding tert-OH is 1. The first kappa shape index (κ1) is 35.5. The van der Waals surface area contributed by atoms with Crippen molar-refractivity contribution in [2.24, 2.45) is 0 Å². The predicted molar refractivity (Wildman–Crippen MR) is 172 cm³/mol. The van der Waals surface area contributed by atoms with Crippen LogP contribution in [-0.2, 0) is 24.6 Å². The molecule has 1 fully saturated rings. The molecule has 0 spiro atoms. The van der Waals surface area contributed by atoms with Gasteiger partial charge in [-0.05, 0) is 91.6 Å². The van der Waals surface area contributed by atoms with Crippen LogP contribution in [0.15, 0.2) is 60.7 Å². The van der Waals surface area contributed by atoms with E-state index in [1.54, 1.807) is 24.3 Å². The number of carbonyl (C=O) groups excluding carboxylic acids is 2. The Balaban J connectivity index is 1.37. The van der Waals surface area contributed by atoms with Gasteiger partial charge in [-0.2, -0.15) is 13.2 Å². The summed E-state index contributed by atoms with van der Waals surface area (Å²) in [5.74, 6) is -2.30. The molecule has 1 heterocycles. The van der Waals surface area contributed by atoms with Crippen LogP contribution >= 0.6 is 0 Å². The van der Waals surface area contributed by atoms with Crippen molar-refractivity contribution in [1.29, 1.82) is 0 Å². The number of nitrogens with one attached hydrogen (secondary N) is 2. The van der Waals surface area contributed by atoms with E-state index in [2.05, 4.69) is 24.5 Å². The van der Waals surface area contributed by atoms with Crippen LogP contribution < -0.4 is 10.6 Å². The largest absolute Gasteiger partial charge is 0.416 e. The number of benzene rings is 3. The summed E-state index contributed by atoms with van der Waals surface area (Å²) in [7, 11) is 0. The summed E-state index contributed by atoms with van der Waals surface area (Å²) in [6.07, 6.45) is -0.696. The smallest absolute Gasteiger partial charge is 0.390 e.